The minimum absolute atomic E-state index is 0.0276. The van der Waals surface area contributed by atoms with Crippen molar-refractivity contribution in [2.45, 2.75) is 0 Å². The second kappa shape index (κ2) is 6.24. The summed E-state index contributed by atoms with van der Waals surface area (Å²) < 4.78 is 0. The van der Waals surface area contributed by atoms with Crippen molar-refractivity contribution in [3.8, 4) is 5.75 Å². The number of hydrogen-bond acceptors (Lipinski definition) is 5. The molecule has 2 rings (SSSR count). The van der Waals surface area contributed by atoms with Gasteiger partial charge in [-0.1, -0.05) is 12.1 Å². The van der Waals surface area contributed by atoms with Crippen LogP contribution >= 0.6 is 0 Å². The average Bonchev–Trinajstić information content (AvgIpc) is 2.46. The van der Waals surface area contributed by atoms with Crippen LogP contribution in [0.2, 0.25) is 0 Å². The smallest absolute Gasteiger partial charge is 0.269 e. The second-order valence-electron chi connectivity index (χ2n) is 3.90. The summed E-state index contributed by atoms with van der Waals surface area (Å²) in [6.07, 6.45) is 2.90. The van der Waals surface area contributed by atoms with Gasteiger partial charge in [0.2, 0.25) is 0 Å². The van der Waals surface area contributed by atoms with E-state index in [1.807, 2.05) is 0 Å². The quantitative estimate of drug-likeness (QED) is 0.525. The third-order valence-electron chi connectivity index (χ3n) is 2.51. The highest BCUT2D eigenvalue weighted by molar-refractivity contribution is 5.84. The number of aromatic hydroxyl groups is 1. The van der Waals surface area contributed by atoms with Gasteiger partial charge in [0.1, 0.15) is 5.75 Å². The highest BCUT2D eigenvalue weighted by Gasteiger charge is 2.02. The molecule has 0 radical (unpaired) electrons. The van der Waals surface area contributed by atoms with Crippen LogP contribution < -0.4 is 0 Å². The predicted molar refractivity (Wildman–Crippen MR) is 76.4 cm³/mol. The maximum atomic E-state index is 10.5. The third-order valence-corrected chi connectivity index (χ3v) is 2.51. The molecule has 0 saturated heterocycles. The van der Waals surface area contributed by atoms with Gasteiger partial charge in [-0.2, -0.15) is 10.2 Å². The summed E-state index contributed by atoms with van der Waals surface area (Å²) in [5, 5.41) is 27.6. The summed E-state index contributed by atoms with van der Waals surface area (Å²) >= 11 is 0. The van der Waals surface area contributed by atoms with E-state index in [2.05, 4.69) is 10.2 Å². The fourth-order valence-electron chi connectivity index (χ4n) is 1.47. The van der Waals surface area contributed by atoms with Crippen molar-refractivity contribution >= 4 is 18.1 Å². The van der Waals surface area contributed by atoms with E-state index in [-0.39, 0.29) is 11.4 Å². The molecule has 0 amide bonds. The van der Waals surface area contributed by atoms with Gasteiger partial charge in [-0.15, -0.1) is 0 Å². The van der Waals surface area contributed by atoms with Gasteiger partial charge in [-0.3, -0.25) is 10.1 Å². The van der Waals surface area contributed by atoms with Crippen LogP contribution in [0, 0.1) is 10.1 Å². The van der Waals surface area contributed by atoms with Gasteiger partial charge < -0.3 is 5.11 Å². The van der Waals surface area contributed by atoms with E-state index in [1.165, 1.54) is 24.6 Å². The molecule has 6 heteroatoms. The number of nitro groups is 1. The van der Waals surface area contributed by atoms with Gasteiger partial charge in [-0.05, 0) is 29.8 Å². The molecule has 0 aromatic heterocycles. The summed E-state index contributed by atoms with van der Waals surface area (Å²) in [5.41, 5.74) is 1.29. The number of hydrogen-bond donors (Lipinski definition) is 1. The van der Waals surface area contributed by atoms with Crippen LogP contribution in [0.5, 0.6) is 5.75 Å². The van der Waals surface area contributed by atoms with Crippen LogP contribution in [0.3, 0.4) is 0 Å². The van der Waals surface area contributed by atoms with Gasteiger partial charge in [0.15, 0.2) is 0 Å². The zero-order chi connectivity index (χ0) is 14.4. The topological polar surface area (TPSA) is 88.1 Å². The zero-order valence-electron chi connectivity index (χ0n) is 10.4. The third kappa shape index (κ3) is 3.49. The van der Waals surface area contributed by atoms with Crippen molar-refractivity contribution < 1.29 is 10.0 Å². The molecule has 0 unspecified atom stereocenters. The second-order valence-corrected chi connectivity index (χ2v) is 3.90. The lowest BCUT2D eigenvalue weighted by Crippen LogP contribution is -1.88. The number of phenolic OH excluding ortho intramolecular Hbond substituents is 1. The van der Waals surface area contributed by atoms with Crippen molar-refractivity contribution in [3.63, 3.8) is 0 Å². The Balaban J connectivity index is 2.03. The SMILES string of the molecule is O=[N+]([O-])c1ccc(/C=N/N=C/c2ccccc2O)cc1. The minimum Gasteiger partial charge on any atom is -0.507 e. The number of nitro benzene ring substituents is 1. The maximum Gasteiger partial charge on any atom is 0.269 e. The first-order chi connectivity index (χ1) is 9.66. The lowest BCUT2D eigenvalue weighted by Gasteiger charge is -1.94. The van der Waals surface area contributed by atoms with Crippen LogP contribution in [0.25, 0.3) is 0 Å². The highest BCUT2D eigenvalue weighted by Crippen LogP contribution is 2.13. The lowest BCUT2D eigenvalue weighted by atomic mass is 10.2. The molecule has 2 aromatic rings. The summed E-state index contributed by atoms with van der Waals surface area (Å²) in [4.78, 5) is 10.0. The van der Waals surface area contributed by atoms with Gasteiger partial charge >= 0.3 is 0 Å². The Labute approximate surface area is 114 Å². The van der Waals surface area contributed by atoms with E-state index in [0.717, 1.165) is 0 Å². The molecule has 0 spiro atoms. The molecule has 0 aliphatic carbocycles. The summed E-state index contributed by atoms with van der Waals surface area (Å²) in [7, 11) is 0. The number of nitrogens with zero attached hydrogens (tertiary/aromatic N) is 3. The fourth-order valence-corrected chi connectivity index (χ4v) is 1.47. The Morgan fingerprint density at radius 2 is 1.65 bits per heavy atom. The number of non-ortho nitro benzene ring substituents is 1. The van der Waals surface area contributed by atoms with E-state index in [1.54, 1.807) is 36.4 Å². The van der Waals surface area contributed by atoms with Crippen molar-refractivity contribution in [2.24, 2.45) is 10.2 Å². The first kappa shape index (κ1) is 13.4. The van der Waals surface area contributed by atoms with E-state index in [0.29, 0.717) is 11.1 Å². The Bertz CT molecular complexity index is 664. The molecule has 6 nitrogen and oxygen atoms in total. The Hall–Kier alpha value is -3.02. The van der Waals surface area contributed by atoms with Crippen molar-refractivity contribution in [3.05, 3.63) is 69.8 Å². The van der Waals surface area contributed by atoms with Gasteiger partial charge in [-0.25, -0.2) is 0 Å². The molecule has 0 heterocycles. The first-order valence-corrected chi connectivity index (χ1v) is 5.75. The van der Waals surface area contributed by atoms with Crippen molar-refractivity contribution in [1.82, 2.24) is 0 Å². The normalized spacial score (nSPS) is 11.2. The summed E-state index contributed by atoms with van der Waals surface area (Å²) in [5.74, 6) is 0.127. The summed E-state index contributed by atoms with van der Waals surface area (Å²) in [6, 6.07) is 12.7. The highest BCUT2D eigenvalue weighted by atomic mass is 16.6. The van der Waals surface area contributed by atoms with Crippen LogP contribution in [-0.4, -0.2) is 22.5 Å². The molecule has 0 aliphatic heterocycles. The Morgan fingerprint density at radius 1 is 1.00 bits per heavy atom. The molecule has 1 N–H and O–H groups in total. The van der Waals surface area contributed by atoms with Crippen LogP contribution in [0.1, 0.15) is 11.1 Å². The lowest BCUT2D eigenvalue weighted by molar-refractivity contribution is -0.384. The number of rotatable bonds is 4. The van der Waals surface area contributed by atoms with E-state index >= 15 is 0 Å². The Kier molecular flexibility index (Phi) is 4.18. The molecule has 2 aromatic carbocycles. The van der Waals surface area contributed by atoms with Crippen LogP contribution in [-0.2, 0) is 0 Å². The molecular formula is C14H11N3O3. The Morgan fingerprint density at radius 3 is 2.30 bits per heavy atom. The largest absolute Gasteiger partial charge is 0.507 e. The molecular weight excluding hydrogens is 258 g/mol. The molecule has 0 aliphatic rings. The molecule has 0 saturated carbocycles. The van der Waals surface area contributed by atoms with Crippen molar-refractivity contribution in [1.29, 1.82) is 0 Å². The minimum atomic E-state index is -0.461. The zero-order valence-corrected chi connectivity index (χ0v) is 10.4. The van der Waals surface area contributed by atoms with E-state index in [9.17, 15) is 15.2 Å². The van der Waals surface area contributed by atoms with Crippen LogP contribution in [0.15, 0.2) is 58.7 Å². The summed E-state index contributed by atoms with van der Waals surface area (Å²) in [6.45, 7) is 0. The maximum absolute atomic E-state index is 10.5. The first-order valence-electron chi connectivity index (χ1n) is 5.75. The standard InChI is InChI=1S/C14H11N3O3/c18-14-4-2-1-3-12(14)10-16-15-9-11-5-7-13(8-6-11)17(19)20/h1-10,18H/b15-9+,16-10+. The average molecular weight is 269 g/mol. The molecule has 0 fully saturated rings. The molecule has 20 heavy (non-hydrogen) atoms. The van der Waals surface area contributed by atoms with Crippen LogP contribution in [0.4, 0.5) is 5.69 Å². The molecule has 0 atom stereocenters. The molecule has 0 bridgehead atoms. The monoisotopic (exact) mass is 269 g/mol. The van der Waals surface area contributed by atoms with E-state index in [4.69, 9.17) is 0 Å². The van der Waals surface area contributed by atoms with Crippen molar-refractivity contribution in [2.75, 3.05) is 0 Å². The molecule has 100 valence electrons. The fraction of sp³-hybridized carbons (Fsp3) is 0. The van der Waals surface area contributed by atoms with Gasteiger partial charge in [0.25, 0.3) is 5.69 Å². The number of phenols is 1. The number of benzene rings is 2. The predicted octanol–water partition coefficient (Wildman–Crippen LogP) is 2.75. The number of para-hydroxylation sites is 1. The van der Waals surface area contributed by atoms with E-state index < -0.39 is 4.92 Å². The van der Waals surface area contributed by atoms with Gasteiger partial charge in [0.05, 0.1) is 17.4 Å². The van der Waals surface area contributed by atoms with Gasteiger partial charge in [0, 0.05) is 17.7 Å².